The number of hydrogen-bond donors (Lipinski definition) is 1. The van der Waals surface area contributed by atoms with Crippen LogP contribution in [0.1, 0.15) is 0 Å². The predicted molar refractivity (Wildman–Crippen MR) is 55.1 cm³/mol. The van der Waals surface area contributed by atoms with Crippen LogP contribution >= 0.6 is 0 Å². The molecular formula is C10H13NO6. The first-order valence-electron chi connectivity index (χ1n) is 4.94. The highest BCUT2D eigenvalue weighted by Gasteiger charge is 2.29. The summed E-state index contributed by atoms with van der Waals surface area (Å²) in [6, 6.07) is 0. The maximum atomic E-state index is 11.5. The van der Waals surface area contributed by atoms with E-state index in [1.54, 1.807) is 0 Å². The molecule has 1 N–H and O–H groups in total. The molecule has 0 aromatic carbocycles. The van der Waals surface area contributed by atoms with Gasteiger partial charge >= 0.3 is 11.9 Å². The summed E-state index contributed by atoms with van der Waals surface area (Å²) in [6.07, 6.45) is 0.892. The summed E-state index contributed by atoms with van der Waals surface area (Å²) in [5.74, 6) is -2.22. The summed E-state index contributed by atoms with van der Waals surface area (Å²) in [4.78, 5) is 34.3. The van der Waals surface area contributed by atoms with Gasteiger partial charge in [0.05, 0.1) is 20.3 Å². The van der Waals surface area contributed by atoms with Crippen LogP contribution in [0, 0.1) is 0 Å². The van der Waals surface area contributed by atoms with Gasteiger partial charge in [0.25, 0.3) is 0 Å². The Hall–Kier alpha value is -1.89. The Morgan fingerprint density at radius 1 is 1.41 bits per heavy atom. The summed E-state index contributed by atoms with van der Waals surface area (Å²) in [7, 11) is 1.23. The Morgan fingerprint density at radius 2 is 2.12 bits per heavy atom. The molecule has 1 amide bonds. The van der Waals surface area contributed by atoms with E-state index in [-0.39, 0.29) is 13.2 Å². The van der Waals surface area contributed by atoms with E-state index in [4.69, 9.17) is 9.84 Å². The number of carboxylic acids is 1. The summed E-state index contributed by atoms with van der Waals surface area (Å²) in [5.41, 5.74) is 0. The average molecular weight is 243 g/mol. The number of rotatable bonds is 3. The molecule has 0 spiro atoms. The molecule has 7 nitrogen and oxygen atoms in total. The minimum Gasteiger partial charge on any atom is -0.478 e. The average Bonchev–Trinajstić information content (AvgIpc) is 2.35. The molecule has 17 heavy (non-hydrogen) atoms. The number of ether oxygens (including phenoxy) is 2. The van der Waals surface area contributed by atoms with Gasteiger partial charge in [-0.25, -0.2) is 9.59 Å². The van der Waals surface area contributed by atoms with Crippen molar-refractivity contribution < 1.29 is 29.0 Å². The van der Waals surface area contributed by atoms with Gasteiger partial charge in [-0.2, -0.15) is 0 Å². The van der Waals surface area contributed by atoms with E-state index in [0.717, 1.165) is 12.2 Å². The number of nitrogens with zero attached hydrogens (tertiary/aromatic N) is 1. The quantitative estimate of drug-likeness (QED) is 0.506. The molecule has 1 aliphatic heterocycles. The van der Waals surface area contributed by atoms with Gasteiger partial charge in [0.15, 0.2) is 6.10 Å². The lowest BCUT2D eigenvalue weighted by Gasteiger charge is -2.30. The molecule has 1 heterocycles. The molecule has 1 aliphatic rings. The fourth-order valence-corrected chi connectivity index (χ4v) is 1.37. The fraction of sp³-hybridized carbons (Fsp3) is 0.500. The molecule has 1 unspecified atom stereocenters. The van der Waals surface area contributed by atoms with E-state index in [1.807, 2.05) is 0 Å². The Morgan fingerprint density at radius 3 is 2.71 bits per heavy atom. The van der Waals surface area contributed by atoms with Gasteiger partial charge in [-0.05, 0) is 0 Å². The van der Waals surface area contributed by atoms with E-state index >= 15 is 0 Å². The van der Waals surface area contributed by atoms with E-state index in [2.05, 4.69) is 4.74 Å². The highest BCUT2D eigenvalue weighted by Crippen LogP contribution is 2.07. The van der Waals surface area contributed by atoms with E-state index < -0.39 is 23.9 Å². The second-order valence-corrected chi connectivity index (χ2v) is 3.34. The Labute approximate surface area is 97.6 Å². The van der Waals surface area contributed by atoms with Gasteiger partial charge < -0.3 is 19.5 Å². The highest BCUT2D eigenvalue weighted by atomic mass is 16.6. The van der Waals surface area contributed by atoms with Crippen molar-refractivity contribution in [1.82, 2.24) is 4.90 Å². The van der Waals surface area contributed by atoms with Crippen molar-refractivity contribution >= 4 is 17.8 Å². The first kappa shape index (κ1) is 13.2. The number of esters is 1. The molecule has 0 bridgehead atoms. The van der Waals surface area contributed by atoms with Crippen molar-refractivity contribution in [3.05, 3.63) is 12.2 Å². The van der Waals surface area contributed by atoms with E-state index in [0.29, 0.717) is 6.54 Å². The Kier molecular flexibility index (Phi) is 4.65. The SMILES string of the molecule is COC(=O)C1CN(C(=O)/C=C/C(=O)O)CCO1. The molecule has 1 atom stereocenters. The molecule has 1 fully saturated rings. The molecule has 1 rings (SSSR count). The fourth-order valence-electron chi connectivity index (χ4n) is 1.37. The first-order chi connectivity index (χ1) is 8.04. The van der Waals surface area contributed by atoms with Crippen molar-refractivity contribution in [3.8, 4) is 0 Å². The zero-order chi connectivity index (χ0) is 12.8. The number of aliphatic carboxylic acids is 1. The van der Waals surface area contributed by atoms with Crippen LogP contribution in [0.25, 0.3) is 0 Å². The van der Waals surface area contributed by atoms with Crippen LogP contribution in [0.5, 0.6) is 0 Å². The predicted octanol–water partition coefficient (Wildman–Crippen LogP) is -0.972. The van der Waals surface area contributed by atoms with Gasteiger partial charge in [0, 0.05) is 18.7 Å². The maximum absolute atomic E-state index is 11.5. The number of amides is 1. The zero-order valence-corrected chi connectivity index (χ0v) is 9.29. The van der Waals surface area contributed by atoms with Crippen molar-refractivity contribution in [2.45, 2.75) is 6.10 Å². The van der Waals surface area contributed by atoms with Crippen LogP contribution in [-0.4, -0.2) is 60.8 Å². The van der Waals surface area contributed by atoms with Crippen LogP contribution in [0.2, 0.25) is 0 Å². The maximum Gasteiger partial charge on any atom is 0.336 e. The van der Waals surface area contributed by atoms with Gasteiger partial charge in [-0.15, -0.1) is 0 Å². The van der Waals surface area contributed by atoms with Crippen molar-refractivity contribution in [2.24, 2.45) is 0 Å². The molecule has 0 aliphatic carbocycles. The highest BCUT2D eigenvalue weighted by molar-refractivity contribution is 5.94. The lowest BCUT2D eigenvalue weighted by Crippen LogP contribution is -2.48. The largest absolute Gasteiger partial charge is 0.478 e. The monoisotopic (exact) mass is 243 g/mol. The van der Waals surface area contributed by atoms with Crippen LogP contribution in [0.3, 0.4) is 0 Å². The normalized spacial score (nSPS) is 20.3. The van der Waals surface area contributed by atoms with Crippen LogP contribution < -0.4 is 0 Å². The van der Waals surface area contributed by atoms with Gasteiger partial charge in [0.1, 0.15) is 0 Å². The molecule has 1 saturated heterocycles. The van der Waals surface area contributed by atoms with Crippen molar-refractivity contribution in [1.29, 1.82) is 0 Å². The summed E-state index contributed by atoms with van der Waals surface area (Å²) >= 11 is 0. The summed E-state index contributed by atoms with van der Waals surface area (Å²) in [5, 5.41) is 8.38. The molecule has 0 aromatic rings. The minimum atomic E-state index is -1.20. The molecule has 0 saturated carbocycles. The molecule has 7 heteroatoms. The van der Waals surface area contributed by atoms with Gasteiger partial charge in [-0.1, -0.05) is 0 Å². The molecule has 94 valence electrons. The van der Waals surface area contributed by atoms with Crippen LogP contribution in [0.4, 0.5) is 0 Å². The third-order valence-corrected chi connectivity index (χ3v) is 2.21. The number of carboxylic acid groups (broad SMARTS) is 1. The lowest BCUT2D eigenvalue weighted by atomic mass is 10.2. The van der Waals surface area contributed by atoms with E-state index in [9.17, 15) is 14.4 Å². The number of carbonyl (C=O) groups excluding carboxylic acids is 2. The molecular weight excluding hydrogens is 230 g/mol. The Bertz CT molecular complexity index is 351. The topological polar surface area (TPSA) is 93.1 Å². The number of carbonyl (C=O) groups is 3. The third-order valence-electron chi connectivity index (χ3n) is 2.21. The minimum absolute atomic E-state index is 0.0649. The second-order valence-electron chi connectivity index (χ2n) is 3.34. The first-order valence-corrected chi connectivity index (χ1v) is 4.94. The smallest absolute Gasteiger partial charge is 0.336 e. The van der Waals surface area contributed by atoms with Crippen LogP contribution in [-0.2, 0) is 23.9 Å². The number of morpholine rings is 1. The second kappa shape index (κ2) is 6.00. The third kappa shape index (κ3) is 3.87. The number of hydrogen-bond acceptors (Lipinski definition) is 5. The van der Waals surface area contributed by atoms with Gasteiger partial charge in [0.2, 0.25) is 5.91 Å². The van der Waals surface area contributed by atoms with E-state index in [1.165, 1.54) is 12.0 Å². The van der Waals surface area contributed by atoms with Crippen molar-refractivity contribution in [2.75, 3.05) is 26.8 Å². The number of methoxy groups -OCH3 is 1. The Balaban J connectivity index is 2.57. The summed E-state index contributed by atoms with van der Waals surface area (Å²) in [6.45, 7) is 0.595. The lowest BCUT2D eigenvalue weighted by molar-refractivity contribution is -0.161. The van der Waals surface area contributed by atoms with Crippen molar-refractivity contribution in [3.63, 3.8) is 0 Å². The summed E-state index contributed by atoms with van der Waals surface area (Å²) < 4.78 is 9.63. The molecule has 0 aromatic heterocycles. The zero-order valence-electron chi connectivity index (χ0n) is 9.29. The molecule has 0 radical (unpaired) electrons. The van der Waals surface area contributed by atoms with Crippen LogP contribution in [0.15, 0.2) is 12.2 Å². The standard InChI is InChI=1S/C10H13NO6/c1-16-10(15)7-6-11(4-5-17-7)8(12)2-3-9(13)14/h2-3,7H,4-6H2,1H3,(H,13,14)/b3-2+. The van der Waals surface area contributed by atoms with Gasteiger partial charge in [-0.3, -0.25) is 4.79 Å².